The number of rotatable bonds is 10. The lowest BCUT2D eigenvalue weighted by Gasteiger charge is -2.12. The molecule has 0 spiro atoms. The highest BCUT2D eigenvalue weighted by Gasteiger charge is 2.03. The van der Waals surface area contributed by atoms with E-state index in [1.165, 1.54) is 0 Å². The van der Waals surface area contributed by atoms with Crippen molar-refractivity contribution in [1.82, 2.24) is 0 Å². The summed E-state index contributed by atoms with van der Waals surface area (Å²) in [6.07, 6.45) is 4.76. The maximum absolute atomic E-state index is 10.5. The van der Waals surface area contributed by atoms with Gasteiger partial charge in [-0.05, 0) is 49.9 Å². The third-order valence-corrected chi connectivity index (χ3v) is 2.89. The minimum atomic E-state index is -0.100. The lowest BCUT2D eigenvalue weighted by atomic mass is 10.2. The molecule has 0 aliphatic heterocycles. The van der Waals surface area contributed by atoms with Gasteiger partial charge in [-0.1, -0.05) is 0 Å². The summed E-state index contributed by atoms with van der Waals surface area (Å²) in [4.78, 5) is 10.5. The molecule has 4 heteroatoms. The number of carbonyl (C=O) groups excluding carboxylic acids is 1. The molecular weight excluding hydrogens is 244 g/mol. The summed E-state index contributed by atoms with van der Waals surface area (Å²) < 4.78 is 15.8. The highest BCUT2D eigenvalue weighted by Crippen LogP contribution is 2.12. The van der Waals surface area contributed by atoms with Gasteiger partial charge < -0.3 is 14.2 Å². The molecule has 0 aromatic heterocycles. The average Bonchev–Trinajstić information content (AvgIpc) is 2.47. The SMILES string of the molecule is COC(CCCCCOc1ccc(C=O)cc1)OC. The fourth-order valence-corrected chi connectivity index (χ4v) is 1.75. The first-order chi connectivity index (χ1) is 9.30. The monoisotopic (exact) mass is 266 g/mol. The minimum absolute atomic E-state index is 0.100. The van der Waals surface area contributed by atoms with E-state index in [-0.39, 0.29) is 6.29 Å². The zero-order chi connectivity index (χ0) is 13.9. The Kier molecular flexibility index (Phi) is 7.86. The number of methoxy groups -OCH3 is 2. The summed E-state index contributed by atoms with van der Waals surface area (Å²) in [5, 5.41) is 0. The first-order valence-electron chi connectivity index (χ1n) is 6.53. The van der Waals surface area contributed by atoms with E-state index in [2.05, 4.69) is 0 Å². The van der Waals surface area contributed by atoms with Crippen molar-refractivity contribution in [3.8, 4) is 5.75 Å². The van der Waals surface area contributed by atoms with Gasteiger partial charge in [0.05, 0.1) is 6.61 Å². The van der Waals surface area contributed by atoms with Crippen molar-refractivity contribution in [1.29, 1.82) is 0 Å². The molecular formula is C15H22O4. The Morgan fingerprint density at radius 1 is 1.05 bits per heavy atom. The Labute approximate surface area is 114 Å². The molecule has 19 heavy (non-hydrogen) atoms. The van der Waals surface area contributed by atoms with E-state index in [9.17, 15) is 4.79 Å². The summed E-state index contributed by atoms with van der Waals surface area (Å²) in [6.45, 7) is 0.686. The van der Waals surface area contributed by atoms with E-state index in [4.69, 9.17) is 14.2 Å². The van der Waals surface area contributed by atoms with Gasteiger partial charge >= 0.3 is 0 Å². The summed E-state index contributed by atoms with van der Waals surface area (Å²) in [5.74, 6) is 0.803. The smallest absolute Gasteiger partial charge is 0.156 e. The molecule has 0 heterocycles. The molecule has 0 aliphatic rings. The molecule has 1 aromatic rings. The topological polar surface area (TPSA) is 44.8 Å². The van der Waals surface area contributed by atoms with Crippen LogP contribution in [0.4, 0.5) is 0 Å². The quantitative estimate of drug-likeness (QED) is 0.371. The van der Waals surface area contributed by atoms with E-state index >= 15 is 0 Å². The summed E-state index contributed by atoms with van der Waals surface area (Å²) >= 11 is 0. The van der Waals surface area contributed by atoms with Crippen molar-refractivity contribution >= 4 is 6.29 Å². The Morgan fingerprint density at radius 2 is 1.74 bits per heavy atom. The number of carbonyl (C=O) groups is 1. The number of hydrogen-bond donors (Lipinski definition) is 0. The maximum atomic E-state index is 10.5. The first kappa shape index (κ1) is 15.7. The van der Waals surface area contributed by atoms with Crippen LogP contribution in [-0.2, 0) is 9.47 Å². The number of hydrogen-bond acceptors (Lipinski definition) is 4. The Hall–Kier alpha value is -1.39. The van der Waals surface area contributed by atoms with Crippen LogP contribution in [0.1, 0.15) is 36.0 Å². The summed E-state index contributed by atoms with van der Waals surface area (Å²) in [5.41, 5.74) is 0.664. The Bertz CT molecular complexity index is 344. The second kappa shape index (κ2) is 9.53. The van der Waals surface area contributed by atoms with E-state index in [0.29, 0.717) is 12.2 Å². The molecule has 4 nitrogen and oxygen atoms in total. The first-order valence-corrected chi connectivity index (χ1v) is 6.53. The fraction of sp³-hybridized carbons (Fsp3) is 0.533. The standard InChI is InChI=1S/C15H22O4/c1-17-15(18-2)6-4-3-5-11-19-14-9-7-13(12-16)8-10-14/h7-10,12,15H,3-6,11H2,1-2H3. The normalized spacial score (nSPS) is 10.7. The highest BCUT2D eigenvalue weighted by atomic mass is 16.7. The van der Waals surface area contributed by atoms with Crippen LogP contribution in [0.2, 0.25) is 0 Å². The minimum Gasteiger partial charge on any atom is -0.494 e. The third kappa shape index (κ3) is 6.36. The Balaban J connectivity index is 2.08. The molecule has 0 amide bonds. The number of aldehydes is 1. The van der Waals surface area contributed by atoms with Gasteiger partial charge in [-0.3, -0.25) is 4.79 Å². The molecule has 0 aliphatic carbocycles. The molecule has 1 rings (SSSR count). The van der Waals surface area contributed by atoms with Crippen LogP contribution < -0.4 is 4.74 Å². The molecule has 0 saturated carbocycles. The largest absolute Gasteiger partial charge is 0.494 e. The van der Waals surface area contributed by atoms with Crippen LogP contribution in [0.5, 0.6) is 5.75 Å². The zero-order valence-corrected chi connectivity index (χ0v) is 11.6. The van der Waals surface area contributed by atoms with Crippen molar-refractivity contribution in [3.05, 3.63) is 29.8 Å². The van der Waals surface area contributed by atoms with Crippen LogP contribution in [-0.4, -0.2) is 33.4 Å². The lowest BCUT2D eigenvalue weighted by Crippen LogP contribution is -2.12. The van der Waals surface area contributed by atoms with Crippen molar-refractivity contribution < 1.29 is 19.0 Å². The molecule has 0 atom stereocenters. The second-order valence-electron chi connectivity index (χ2n) is 4.29. The van der Waals surface area contributed by atoms with Gasteiger partial charge in [-0.15, -0.1) is 0 Å². The van der Waals surface area contributed by atoms with E-state index in [1.807, 2.05) is 12.1 Å². The van der Waals surface area contributed by atoms with Crippen LogP contribution >= 0.6 is 0 Å². The van der Waals surface area contributed by atoms with E-state index in [1.54, 1.807) is 26.4 Å². The Morgan fingerprint density at radius 3 is 2.32 bits per heavy atom. The number of benzene rings is 1. The molecule has 106 valence electrons. The number of ether oxygens (including phenoxy) is 3. The van der Waals surface area contributed by atoms with Gasteiger partial charge in [-0.2, -0.15) is 0 Å². The third-order valence-electron chi connectivity index (χ3n) is 2.89. The van der Waals surface area contributed by atoms with Crippen molar-refractivity contribution in [3.63, 3.8) is 0 Å². The van der Waals surface area contributed by atoms with Crippen LogP contribution in [0.25, 0.3) is 0 Å². The van der Waals surface area contributed by atoms with Gasteiger partial charge in [0.15, 0.2) is 6.29 Å². The van der Waals surface area contributed by atoms with Crippen molar-refractivity contribution in [2.45, 2.75) is 32.0 Å². The van der Waals surface area contributed by atoms with Gasteiger partial charge in [0.25, 0.3) is 0 Å². The molecule has 0 fully saturated rings. The molecule has 0 bridgehead atoms. The average molecular weight is 266 g/mol. The van der Waals surface area contributed by atoms with Crippen LogP contribution in [0.3, 0.4) is 0 Å². The number of unbranched alkanes of at least 4 members (excludes halogenated alkanes) is 2. The predicted octanol–water partition coefficient (Wildman–Crippen LogP) is 3.06. The molecule has 0 N–H and O–H groups in total. The van der Waals surface area contributed by atoms with Gasteiger partial charge in [0.1, 0.15) is 12.0 Å². The second-order valence-corrected chi connectivity index (χ2v) is 4.29. The predicted molar refractivity (Wildman–Crippen MR) is 73.6 cm³/mol. The highest BCUT2D eigenvalue weighted by molar-refractivity contribution is 5.74. The summed E-state index contributed by atoms with van der Waals surface area (Å²) in [6, 6.07) is 7.14. The maximum Gasteiger partial charge on any atom is 0.156 e. The zero-order valence-electron chi connectivity index (χ0n) is 11.6. The molecule has 1 aromatic carbocycles. The molecule has 0 unspecified atom stereocenters. The molecule has 0 saturated heterocycles. The van der Waals surface area contributed by atoms with E-state index in [0.717, 1.165) is 37.7 Å². The van der Waals surface area contributed by atoms with Crippen molar-refractivity contribution in [2.75, 3.05) is 20.8 Å². The molecule has 0 radical (unpaired) electrons. The van der Waals surface area contributed by atoms with E-state index < -0.39 is 0 Å². The fourth-order valence-electron chi connectivity index (χ4n) is 1.75. The van der Waals surface area contributed by atoms with Crippen LogP contribution in [0, 0.1) is 0 Å². The van der Waals surface area contributed by atoms with Crippen LogP contribution in [0.15, 0.2) is 24.3 Å². The van der Waals surface area contributed by atoms with Gasteiger partial charge in [-0.25, -0.2) is 0 Å². The lowest BCUT2D eigenvalue weighted by molar-refractivity contribution is -0.107. The summed E-state index contributed by atoms with van der Waals surface area (Å²) in [7, 11) is 3.31. The van der Waals surface area contributed by atoms with Crippen molar-refractivity contribution in [2.24, 2.45) is 0 Å². The van der Waals surface area contributed by atoms with Gasteiger partial charge in [0, 0.05) is 19.8 Å². The van der Waals surface area contributed by atoms with Gasteiger partial charge in [0.2, 0.25) is 0 Å².